The molecule has 0 bridgehead atoms. The number of nitrogens with one attached hydrogen (secondary N) is 2. The second-order valence-corrected chi connectivity index (χ2v) is 9.90. The normalized spacial score (nSPS) is 11.4. The van der Waals surface area contributed by atoms with Gasteiger partial charge in [-0.2, -0.15) is 0 Å². The predicted octanol–water partition coefficient (Wildman–Crippen LogP) is 5.04. The van der Waals surface area contributed by atoms with Crippen molar-refractivity contribution in [3.05, 3.63) is 87.8 Å². The van der Waals surface area contributed by atoms with Gasteiger partial charge in [-0.15, -0.1) is 11.3 Å². The van der Waals surface area contributed by atoms with E-state index in [2.05, 4.69) is 36.4 Å². The van der Waals surface area contributed by atoms with Crippen molar-refractivity contribution in [2.75, 3.05) is 10.6 Å². The third kappa shape index (κ3) is 5.23. The van der Waals surface area contributed by atoms with Crippen LogP contribution in [0.25, 0.3) is 10.2 Å². The SMILES string of the molecule is CC(C)(C)c1ccc(C(=O)Nc2ccccc2NC(=O)CCn2cnc3sccc3c2=O)cc1. The summed E-state index contributed by atoms with van der Waals surface area (Å²) >= 11 is 1.40. The molecule has 2 amide bonds. The zero-order valence-corrected chi connectivity index (χ0v) is 20.1. The lowest BCUT2D eigenvalue weighted by molar-refractivity contribution is -0.116. The van der Waals surface area contributed by atoms with E-state index in [1.165, 1.54) is 22.2 Å². The maximum Gasteiger partial charge on any atom is 0.262 e. The first-order valence-corrected chi connectivity index (χ1v) is 11.8. The Morgan fingerprint density at radius 3 is 2.32 bits per heavy atom. The van der Waals surface area contributed by atoms with Crippen LogP contribution in [0, 0.1) is 0 Å². The zero-order valence-electron chi connectivity index (χ0n) is 19.3. The highest BCUT2D eigenvalue weighted by Gasteiger charge is 2.15. The first kappa shape index (κ1) is 23.4. The highest BCUT2D eigenvalue weighted by Crippen LogP contribution is 2.24. The summed E-state index contributed by atoms with van der Waals surface area (Å²) in [4.78, 5) is 42.8. The van der Waals surface area contributed by atoms with Crippen LogP contribution in [-0.4, -0.2) is 21.4 Å². The number of carbonyl (C=O) groups is 2. The number of thiophene rings is 1. The van der Waals surface area contributed by atoms with Crippen LogP contribution >= 0.6 is 11.3 Å². The predicted molar refractivity (Wildman–Crippen MR) is 137 cm³/mol. The van der Waals surface area contributed by atoms with Crippen LogP contribution < -0.4 is 16.2 Å². The van der Waals surface area contributed by atoms with E-state index < -0.39 is 0 Å². The Balaban J connectivity index is 1.41. The molecule has 34 heavy (non-hydrogen) atoms. The topological polar surface area (TPSA) is 93.1 Å². The van der Waals surface area contributed by atoms with Crippen molar-refractivity contribution in [2.45, 2.75) is 39.2 Å². The number of carbonyl (C=O) groups excluding carboxylic acids is 2. The van der Waals surface area contributed by atoms with Crippen molar-refractivity contribution in [3.8, 4) is 0 Å². The van der Waals surface area contributed by atoms with Crippen molar-refractivity contribution in [1.82, 2.24) is 9.55 Å². The molecule has 0 saturated heterocycles. The summed E-state index contributed by atoms with van der Waals surface area (Å²) in [7, 11) is 0. The maximum absolute atomic E-state index is 12.8. The van der Waals surface area contributed by atoms with E-state index in [0.717, 1.165) is 5.56 Å². The molecule has 7 nitrogen and oxygen atoms in total. The Bertz CT molecular complexity index is 1400. The lowest BCUT2D eigenvalue weighted by Gasteiger charge is -2.19. The Labute approximate surface area is 201 Å². The summed E-state index contributed by atoms with van der Waals surface area (Å²) in [5, 5.41) is 8.08. The van der Waals surface area contributed by atoms with Crippen molar-refractivity contribution in [1.29, 1.82) is 0 Å². The molecule has 0 aliphatic heterocycles. The lowest BCUT2D eigenvalue weighted by Crippen LogP contribution is -2.23. The van der Waals surface area contributed by atoms with Crippen LogP contribution in [0.15, 0.2) is 71.1 Å². The molecule has 4 rings (SSSR count). The Morgan fingerprint density at radius 2 is 1.65 bits per heavy atom. The fraction of sp³-hybridized carbons (Fsp3) is 0.231. The number of amides is 2. The molecule has 0 fully saturated rings. The van der Waals surface area contributed by atoms with Gasteiger partial charge in [0.05, 0.1) is 23.1 Å². The Kier molecular flexibility index (Phi) is 6.61. The number of para-hydroxylation sites is 2. The first-order valence-electron chi connectivity index (χ1n) is 11.0. The number of rotatable bonds is 6. The zero-order chi connectivity index (χ0) is 24.3. The van der Waals surface area contributed by atoms with Crippen molar-refractivity contribution >= 4 is 44.7 Å². The van der Waals surface area contributed by atoms with Crippen LogP contribution in [0.5, 0.6) is 0 Å². The van der Waals surface area contributed by atoms with Crippen LogP contribution in [-0.2, 0) is 16.8 Å². The van der Waals surface area contributed by atoms with Gasteiger partial charge in [0.25, 0.3) is 11.5 Å². The Morgan fingerprint density at radius 1 is 0.971 bits per heavy atom. The molecule has 0 unspecified atom stereocenters. The minimum atomic E-state index is -0.270. The summed E-state index contributed by atoms with van der Waals surface area (Å²) in [5.41, 5.74) is 2.51. The van der Waals surface area contributed by atoms with Crippen LogP contribution in [0.1, 0.15) is 43.1 Å². The highest BCUT2D eigenvalue weighted by atomic mass is 32.1. The third-order valence-corrected chi connectivity index (χ3v) is 6.31. The minimum Gasteiger partial charge on any atom is -0.324 e. The fourth-order valence-electron chi connectivity index (χ4n) is 3.50. The molecule has 0 atom stereocenters. The summed E-state index contributed by atoms with van der Waals surface area (Å²) in [6.07, 6.45) is 1.56. The van der Waals surface area contributed by atoms with E-state index in [9.17, 15) is 14.4 Å². The summed E-state index contributed by atoms with van der Waals surface area (Å²) < 4.78 is 1.43. The molecule has 174 valence electrons. The molecule has 8 heteroatoms. The molecule has 0 saturated carbocycles. The number of aromatic nitrogens is 2. The van der Waals surface area contributed by atoms with Crippen molar-refractivity contribution in [3.63, 3.8) is 0 Å². The molecular formula is C26H26N4O3S. The number of nitrogens with zero attached hydrogens (tertiary/aromatic N) is 2. The Hall–Kier alpha value is -3.78. The largest absolute Gasteiger partial charge is 0.324 e. The smallest absolute Gasteiger partial charge is 0.262 e. The monoisotopic (exact) mass is 474 g/mol. The third-order valence-electron chi connectivity index (χ3n) is 5.49. The van der Waals surface area contributed by atoms with Gasteiger partial charge in [0.15, 0.2) is 0 Å². The molecule has 0 aliphatic rings. The first-order chi connectivity index (χ1) is 16.2. The quantitative estimate of drug-likeness (QED) is 0.410. The molecule has 2 heterocycles. The second-order valence-electron chi connectivity index (χ2n) is 9.01. The van der Waals surface area contributed by atoms with Gasteiger partial charge in [-0.05, 0) is 46.7 Å². The van der Waals surface area contributed by atoms with Gasteiger partial charge >= 0.3 is 0 Å². The van der Waals surface area contributed by atoms with E-state index in [4.69, 9.17) is 0 Å². The standard InChI is InChI=1S/C26H26N4O3S/c1-26(2,3)18-10-8-17(9-11-18)23(32)29-21-7-5-4-6-20(21)28-22(31)12-14-30-16-27-24-19(25(30)33)13-15-34-24/h4-11,13,15-16H,12,14H2,1-3H3,(H,28,31)(H,29,32). The maximum atomic E-state index is 12.8. The summed E-state index contributed by atoms with van der Waals surface area (Å²) in [6.45, 7) is 6.56. The number of fused-ring (bicyclic) bond motifs is 1. The molecular weight excluding hydrogens is 448 g/mol. The van der Waals surface area contributed by atoms with Gasteiger partial charge in [-0.1, -0.05) is 45.0 Å². The van der Waals surface area contributed by atoms with Gasteiger partial charge in [0, 0.05) is 18.5 Å². The van der Waals surface area contributed by atoms with Crippen LogP contribution in [0.4, 0.5) is 11.4 Å². The number of hydrogen-bond acceptors (Lipinski definition) is 5. The highest BCUT2D eigenvalue weighted by molar-refractivity contribution is 7.16. The van der Waals surface area contributed by atoms with E-state index in [0.29, 0.717) is 27.2 Å². The van der Waals surface area contributed by atoms with Gasteiger partial charge in [-0.3, -0.25) is 19.0 Å². The van der Waals surface area contributed by atoms with Gasteiger partial charge in [0.2, 0.25) is 5.91 Å². The summed E-state index contributed by atoms with van der Waals surface area (Å²) in [6, 6.07) is 16.3. The fourth-order valence-corrected chi connectivity index (χ4v) is 4.23. The number of anilines is 2. The molecule has 0 spiro atoms. The van der Waals surface area contributed by atoms with Gasteiger partial charge in [0.1, 0.15) is 4.83 Å². The molecule has 2 aromatic carbocycles. The van der Waals surface area contributed by atoms with Crippen LogP contribution in [0.2, 0.25) is 0 Å². The summed E-state index contributed by atoms with van der Waals surface area (Å²) in [5.74, 6) is -0.530. The molecule has 2 aromatic heterocycles. The molecule has 2 N–H and O–H groups in total. The number of benzene rings is 2. The van der Waals surface area contributed by atoms with Crippen molar-refractivity contribution < 1.29 is 9.59 Å². The lowest BCUT2D eigenvalue weighted by atomic mass is 9.87. The average Bonchev–Trinajstić information content (AvgIpc) is 3.29. The minimum absolute atomic E-state index is 0.00253. The number of hydrogen-bond donors (Lipinski definition) is 2. The molecule has 4 aromatic rings. The average molecular weight is 475 g/mol. The molecule has 0 aliphatic carbocycles. The molecule has 0 radical (unpaired) electrons. The van der Waals surface area contributed by atoms with E-state index in [1.54, 1.807) is 42.5 Å². The second kappa shape index (κ2) is 9.61. The van der Waals surface area contributed by atoms with Crippen LogP contribution in [0.3, 0.4) is 0 Å². The van der Waals surface area contributed by atoms with Gasteiger partial charge < -0.3 is 10.6 Å². The van der Waals surface area contributed by atoms with Gasteiger partial charge in [-0.25, -0.2) is 4.98 Å². The number of aryl methyl sites for hydroxylation is 1. The van der Waals surface area contributed by atoms with Crippen molar-refractivity contribution in [2.24, 2.45) is 0 Å². The van der Waals surface area contributed by atoms with E-state index >= 15 is 0 Å². The van der Waals surface area contributed by atoms with E-state index in [-0.39, 0.29) is 35.8 Å². The van der Waals surface area contributed by atoms with E-state index in [1.807, 2.05) is 17.5 Å².